The van der Waals surface area contributed by atoms with Gasteiger partial charge in [0.15, 0.2) is 5.69 Å². The number of halogens is 1. The van der Waals surface area contributed by atoms with Crippen molar-refractivity contribution >= 4 is 11.6 Å². The van der Waals surface area contributed by atoms with E-state index in [2.05, 4.69) is 9.30 Å². The van der Waals surface area contributed by atoms with E-state index in [4.69, 9.17) is 4.98 Å². The molecule has 2 fully saturated rings. The van der Waals surface area contributed by atoms with E-state index in [1.807, 2.05) is 42.3 Å². The Kier molecular flexibility index (Phi) is 5.48. The van der Waals surface area contributed by atoms with Crippen molar-refractivity contribution in [1.82, 2.24) is 19.2 Å². The van der Waals surface area contributed by atoms with Crippen molar-refractivity contribution in [2.75, 3.05) is 26.2 Å². The van der Waals surface area contributed by atoms with E-state index in [0.717, 1.165) is 67.9 Å². The normalized spacial score (nSPS) is 19.9. The highest BCUT2D eigenvalue weighted by atomic mass is 19.1. The Labute approximate surface area is 182 Å². The molecule has 6 heteroatoms. The number of carbonyl (C=O) groups excluding carboxylic acids is 1. The average molecular weight is 421 g/mol. The molecule has 2 saturated heterocycles. The number of carbonyl (C=O) groups is 1. The largest absolute Gasteiger partial charge is 0.337 e. The maximum atomic E-state index is 14.3. The summed E-state index contributed by atoms with van der Waals surface area (Å²) < 4.78 is 16.4. The number of aryl methyl sites for hydroxylation is 1. The molecule has 5 nitrogen and oxygen atoms in total. The van der Waals surface area contributed by atoms with E-state index < -0.39 is 0 Å². The first-order chi connectivity index (χ1) is 15.1. The van der Waals surface area contributed by atoms with Gasteiger partial charge in [0, 0.05) is 38.3 Å². The fourth-order valence-electron chi connectivity index (χ4n) is 5.07. The van der Waals surface area contributed by atoms with E-state index in [1.54, 1.807) is 12.1 Å². The van der Waals surface area contributed by atoms with Crippen LogP contribution in [-0.4, -0.2) is 51.3 Å². The highest BCUT2D eigenvalue weighted by Gasteiger charge is 2.30. The number of aromatic nitrogens is 2. The third-order valence-corrected chi connectivity index (χ3v) is 6.78. The lowest BCUT2D eigenvalue weighted by molar-refractivity contribution is 0.0716. The second kappa shape index (κ2) is 8.42. The van der Waals surface area contributed by atoms with Crippen molar-refractivity contribution < 1.29 is 9.18 Å². The zero-order valence-electron chi connectivity index (χ0n) is 18.1. The minimum Gasteiger partial charge on any atom is -0.337 e. The highest BCUT2D eigenvalue weighted by Crippen LogP contribution is 2.31. The van der Waals surface area contributed by atoms with E-state index in [9.17, 15) is 9.18 Å². The molecule has 4 heterocycles. The van der Waals surface area contributed by atoms with Gasteiger partial charge in [-0.25, -0.2) is 9.37 Å². The lowest BCUT2D eigenvalue weighted by Crippen LogP contribution is -2.36. The summed E-state index contributed by atoms with van der Waals surface area (Å²) in [7, 11) is 0. The van der Waals surface area contributed by atoms with Crippen LogP contribution in [0, 0.1) is 12.7 Å². The first-order valence-corrected chi connectivity index (χ1v) is 11.3. The van der Waals surface area contributed by atoms with E-state index in [1.165, 1.54) is 6.42 Å². The van der Waals surface area contributed by atoms with Crippen LogP contribution in [0.15, 0.2) is 42.6 Å². The lowest BCUT2D eigenvalue weighted by atomic mass is 9.98. The molecule has 0 spiro atoms. The summed E-state index contributed by atoms with van der Waals surface area (Å²) >= 11 is 0. The van der Waals surface area contributed by atoms with Crippen molar-refractivity contribution in [3.05, 3.63) is 70.9 Å². The smallest absolute Gasteiger partial charge is 0.274 e. The Balaban J connectivity index is 1.44. The summed E-state index contributed by atoms with van der Waals surface area (Å²) in [4.78, 5) is 22.5. The summed E-state index contributed by atoms with van der Waals surface area (Å²) in [5.41, 5.74) is 4.23. The molecule has 1 aromatic carbocycles. The third kappa shape index (κ3) is 3.85. The molecule has 0 aliphatic carbocycles. The number of rotatable bonds is 4. The number of piperidine rings is 1. The maximum Gasteiger partial charge on any atom is 0.274 e. The number of imidazole rings is 1. The van der Waals surface area contributed by atoms with Crippen LogP contribution in [0.3, 0.4) is 0 Å². The zero-order chi connectivity index (χ0) is 21.4. The molecule has 2 aromatic heterocycles. The van der Waals surface area contributed by atoms with Gasteiger partial charge in [0.2, 0.25) is 0 Å². The van der Waals surface area contributed by atoms with E-state index in [0.29, 0.717) is 12.2 Å². The van der Waals surface area contributed by atoms with Gasteiger partial charge in [0.1, 0.15) is 11.5 Å². The number of benzene rings is 1. The molecule has 0 unspecified atom stereocenters. The number of hydrogen-bond donors (Lipinski definition) is 0. The van der Waals surface area contributed by atoms with Crippen molar-refractivity contribution in [2.24, 2.45) is 0 Å². The van der Waals surface area contributed by atoms with Gasteiger partial charge < -0.3 is 9.30 Å². The van der Waals surface area contributed by atoms with E-state index >= 15 is 0 Å². The predicted octanol–water partition coefficient (Wildman–Crippen LogP) is 4.40. The number of likely N-dealkylation sites (tertiary alicyclic amines) is 2. The monoisotopic (exact) mass is 420 g/mol. The van der Waals surface area contributed by atoms with Gasteiger partial charge in [-0.05, 0) is 62.4 Å². The molecular weight excluding hydrogens is 391 g/mol. The molecule has 0 saturated carbocycles. The van der Waals surface area contributed by atoms with Crippen molar-refractivity contribution in [2.45, 2.75) is 45.1 Å². The molecule has 31 heavy (non-hydrogen) atoms. The van der Waals surface area contributed by atoms with Crippen LogP contribution in [-0.2, 0) is 6.54 Å². The second-order valence-corrected chi connectivity index (χ2v) is 8.89. The fraction of sp³-hybridized carbons (Fsp3) is 0.440. The zero-order valence-corrected chi connectivity index (χ0v) is 18.1. The second-order valence-electron chi connectivity index (χ2n) is 8.89. The molecule has 1 atom stereocenters. The number of nitrogens with zero attached hydrogens (tertiary/aromatic N) is 4. The standard InChI is InChI=1S/C25H29FN4O/c1-18-8-7-14-30-22(23(27-24(18)30)25(31)29-12-5-2-6-13-29)17-28-15-11-19(16-28)20-9-3-4-10-21(20)26/h3-4,7-10,14,19H,2,5-6,11-13,15-17H2,1H3/t19-/m0/s1. The summed E-state index contributed by atoms with van der Waals surface area (Å²) in [5.74, 6) is 0.103. The van der Waals surface area contributed by atoms with Crippen LogP contribution in [0.2, 0.25) is 0 Å². The molecule has 2 aliphatic heterocycles. The third-order valence-electron chi connectivity index (χ3n) is 6.78. The quantitative estimate of drug-likeness (QED) is 0.628. The molecule has 162 valence electrons. The molecule has 0 bridgehead atoms. The topological polar surface area (TPSA) is 40.9 Å². The van der Waals surface area contributed by atoms with Gasteiger partial charge in [-0.2, -0.15) is 0 Å². The van der Waals surface area contributed by atoms with Crippen LogP contribution in [0.25, 0.3) is 5.65 Å². The Morgan fingerprint density at radius 3 is 2.71 bits per heavy atom. The number of fused-ring (bicyclic) bond motifs is 1. The van der Waals surface area contributed by atoms with Crippen molar-refractivity contribution in [3.63, 3.8) is 0 Å². The first-order valence-electron chi connectivity index (χ1n) is 11.3. The fourth-order valence-corrected chi connectivity index (χ4v) is 5.07. The number of amides is 1. The molecule has 2 aliphatic rings. The average Bonchev–Trinajstić information content (AvgIpc) is 3.40. The summed E-state index contributed by atoms with van der Waals surface area (Å²) in [6.07, 6.45) is 6.23. The Bertz CT molecular complexity index is 1100. The van der Waals surface area contributed by atoms with Crippen LogP contribution < -0.4 is 0 Å². The SMILES string of the molecule is Cc1cccn2c(CN3CC[C@H](c4ccccc4F)C3)c(C(=O)N3CCCCC3)nc12. The van der Waals surface area contributed by atoms with Crippen molar-refractivity contribution in [1.29, 1.82) is 0 Å². The molecule has 5 rings (SSSR count). The Hall–Kier alpha value is -2.73. The molecule has 1 amide bonds. The first kappa shape index (κ1) is 20.2. The minimum atomic E-state index is -0.124. The lowest BCUT2D eigenvalue weighted by Gasteiger charge is -2.26. The van der Waals surface area contributed by atoms with Crippen LogP contribution in [0.5, 0.6) is 0 Å². The Morgan fingerprint density at radius 1 is 1.10 bits per heavy atom. The highest BCUT2D eigenvalue weighted by molar-refractivity contribution is 5.94. The van der Waals surface area contributed by atoms with Gasteiger partial charge in [-0.15, -0.1) is 0 Å². The van der Waals surface area contributed by atoms with Gasteiger partial charge >= 0.3 is 0 Å². The minimum absolute atomic E-state index is 0.0441. The molecular formula is C25H29FN4O. The number of hydrogen-bond acceptors (Lipinski definition) is 3. The van der Waals surface area contributed by atoms with Gasteiger partial charge in [0.25, 0.3) is 5.91 Å². The number of pyridine rings is 1. The van der Waals surface area contributed by atoms with Gasteiger partial charge in [-0.3, -0.25) is 9.69 Å². The molecule has 0 N–H and O–H groups in total. The van der Waals surface area contributed by atoms with Crippen LogP contribution in [0.4, 0.5) is 4.39 Å². The molecule has 3 aromatic rings. The molecule has 0 radical (unpaired) electrons. The summed E-state index contributed by atoms with van der Waals surface area (Å²) in [6.45, 7) is 5.97. The van der Waals surface area contributed by atoms with E-state index in [-0.39, 0.29) is 17.6 Å². The van der Waals surface area contributed by atoms with Gasteiger partial charge in [0.05, 0.1) is 5.69 Å². The summed E-state index contributed by atoms with van der Waals surface area (Å²) in [6, 6.07) is 11.1. The maximum absolute atomic E-state index is 14.3. The van der Waals surface area contributed by atoms with Crippen LogP contribution in [0.1, 0.15) is 58.9 Å². The summed E-state index contributed by atoms with van der Waals surface area (Å²) in [5, 5.41) is 0. The van der Waals surface area contributed by atoms with Gasteiger partial charge in [-0.1, -0.05) is 24.3 Å². The van der Waals surface area contributed by atoms with Crippen LogP contribution >= 0.6 is 0 Å². The Morgan fingerprint density at radius 2 is 1.90 bits per heavy atom. The van der Waals surface area contributed by atoms with Crippen molar-refractivity contribution in [3.8, 4) is 0 Å². The predicted molar refractivity (Wildman–Crippen MR) is 119 cm³/mol.